The van der Waals surface area contributed by atoms with Crippen molar-refractivity contribution < 1.29 is 9.47 Å². The lowest BCUT2D eigenvalue weighted by molar-refractivity contribution is 0.121. The predicted molar refractivity (Wildman–Crippen MR) is 117 cm³/mol. The molecule has 30 heavy (non-hydrogen) atoms. The largest absolute Gasteiger partial charge is 0.378 e. The van der Waals surface area contributed by atoms with Gasteiger partial charge in [-0.2, -0.15) is 4.98 Å². The van der Waals surface area contributed by atoms with Crippen molar-refractivity contribution in [2.75, 3.05) is 69.0 Å². The number of ether oxygens (including phenoxy) is 2. The van der Waals surface area contributed by atoms with E-state index in [4.69, 9.17) is 31.0 Å². The molecule has 1 aromatic carbocycles. The number of nitrogens with zero attached hydrogens (tertiary/aromatic N) is 5. The summed E-state index contributed by atoms with van der Waals surface area (Å²) in [7, 11) is 0. The van der Waals surface area contributed by atoms with Crippen LogP contribution in [0, 0.1) is 0 Å². The van der Waals surface area contributed by atoms with Crippen molar-refractivity contribution in [3.8, 4) is 0 Å². The maximum absolute atomic E-state index is 6.05. The first-order chi connectivity index (χ1) is 14.8. The Morgan fingerprint density at radius 3 is 2.20 bits per heavy atom. The number of anilines is 2. The third kappa shape index (κ3) is 4.39. The Bertz CT molecular complexity index is 867. The number of hydrogen-bond acceptors (Lipinski definition) is 7. The highest BCUT2D eigenvalue weighted by Gasteiger charge is 2.28. The summed E-state index contributed by atoms with van der Waals surface area (Å²) in [5, 5.41) is 0.779. The normalized spacial score (nSPS) is 20.3. The first-order valence-corrected chi connectivity index (χ1v) is 11.2. The minimum absolute atomic E-state index is 0.738. The van der Waals surface area contributed by atoms with E-state index in [0.717, 1.165) is 95.5 Å². The van der Waals surface area contributed by atoms with Gasteiger partial charge < -0.3 is 19.3 Å². The monoisotopic (exact) mass is 429 g/mol. The van der Waals surface area contributed by atoms with E-state index in [2.05, 4.69) is 26.8 Å². The fraction of sp³-hybridized carbons (Fsp3) is 0.545. The maximum atomic E-state index is 6.05. The average Bonchev–Trinajstić information content (AvgIpc) is 2.81. The smallest absolute Gasteiger partial charge is 0.227 e. The van der Waals surface area contributed by atoms with Gasteiger partial charge in [-0.1, -0.05) is 23.7 Å². The molecule has 4 heterocycles. The van der Waals surface area contributed by atoms with E-state index in [1.807, 2.05) is 12.1 Å². The third-order valence-electron chi connectivity index (χ3n) is 6.03. The molecule has 0 saturated carbocycles. The third-order valence-corrected chi connectivity index (χ3v) is 6.28. The maximum Gasteiger partial charge on any atom is 0.227 e. The molecule has 0 bridgehead atoms. The second-order valence-corrected chi connectivity index (χ2v) is 8.49. The molecule has 0 N–H and O–H groups in total. The molecule has 1 aromatic heterocycles. The van der Waals surface area contributed by atoms with Gasteiger partial charge in [-0.15, -0.1) is 0 Å². The van der Waals surface area contributed by atoms with Gasteiger partial charge >= 0.3 is 0 Å². The van der Waals surface area contributed by atoms with Crippen molar-refractivity contribution in [1.29, 1.82) is 0 Å². The molecule has 0 atom stereocenters. The molecule has 0 aliphatic carbocycles. The lowest BCUT2D eigenvalue weighted by Crippen LogP contribution is -2.41. The first kappa shape index (κ1) is 20.0. The first-order valence-electron chi connectivity index (χ1n) is 10.8. The Hall–Kier alpha value is -1.93. The fourth-order valence-electron chi connectivity index (χ4n) is 4.36. The summed E-state index contributed by atoms with van der Waals surface area (Å²) >= 11 is 6.05. The Balaban J connectivity index is 1.42. The zero-order valence-corrected chi connectivity index (χ0v) is 18.0. The Labute approximate surface area is 182 Å². The van der Waals surface area contributed by atoms with Gasteiger partial charge in [0.05, 0.1) is 32.1 Å². The zero-order valence-electron chi connectivity index (χ0n) is 17.2. The van der Waals surface area contributed by atoms with E-state index in [-0.39, 0.29) is 0 Å². The van der Waals surface area contributed by atoms with Crippen molar-refractivity contribution in [1.82, 2.24) is 14.9 Å². The van der Waals surface area contributed by atoms with Gasteiger partial charge in [0.15, 0.2) is 0 Å². The van der Waals surface area contributed by atoms with Gasteiger partial charge in [0.2, 0.25) is 5.95 Å². The average molecular weight is 430 g/mol. The summed E-state index contributed by atoms with van der Waals surface area (Å²) in [6.07, 6.45) is 0.945. The van der Waals surface area contributed by atoms with Crippen LogP contribution in [-0.2, 0) is 29.0 Å². The van der Waals surface area contributed by atoms with Gasteiger partial charge in [-0.25, -0.2) is 4.98 Å². The van der Waals surface area contributed by atoms with E-state index >= 15 is 0 Å². The summed E-state index contributed by atoms with van der Waals surface area (Å²) in [5.74, 6) is 1.94. The van der Waals surface area contributed by atoms with Gasteiger partial charge in [0.25, 0.3) is 0 Å². The molecule has 160 valence electrons. The molecule has 2 aromatic rings. The minimum atomic E-state index is 0.738. The second kappa shape index (κ2) is 9.06. The highest BCUT2D eigenvalue weighted by Crippen LogP contribution is 2.30. The van der Waals surface area contributed by atoms with E-state index < -0.39 is 0 Å². The fourth-order valence-corrected chi connectivity index (χ4v) is 4.49. The molecule has 2 saturated heterocycles. The lowest BCUT2D eigenvalue weighted by atomic mass is 10.0. The summed E-state index contributed by atoms with van der Waals surface area (Å²) in [6.45, 7) is 9.21. The van der Waals surface area contributed by atoms with E-state index in [1.54, 1.807) is 0 Å². The summed E-state index contributed by atoms with van der Waals surface area (Å²) in [6, 6.07) is 8.15. The number of rotatable bonds is 4. The van der Waals surface area contributed by atoms with Crippen LogP contribution in [0.1, 0.15) is 16.8 Å². The molecule has 3 aliphatic heterocycles. The van der Waals surface area contributed by atoms with E-state index in [0.29, 0.717) is 0 Å². The van der Waals surface area contributed by atoms with Crippen molar-refractivity contribution in [2.24, 2.45) is 0 Å². The molecule has 8 heteroatoms. The van der Waals surface area contributed by atoms with Crippen LogP contribution >= 0.6 is 11.6 Å². The number of aromatic nitrogens is 2. The van der Waals surface area contributed by atoms with Crippen LogP contribution in [0.3, 0.4) is 0 Å². The molecule has 0 amide bonds. The predicted octanol–water partition coefficient (Wildman–Crippen LogP) is 2.36. The van der Waals surface area contributed by atoms with Crippen LogP contribution in [0.2, 0.25) is 5.02 Å². The quantitative estimate of drug-likeness (QED) is 0.739. The topological polar surface area (TPSA) is 54.0 Å². The molecular formula is C22H28ClN5O2. The summed E-state index contributed by atoms with van der Waals surface area (Å²) in [4.78, 5) is 17.2. The number of hydrogen-bond donors (Lipinski definition) is 0. The molecule has 0 unspecified atom stereocenters. The number of benzene rings is 1. The highest BCUT2D eigenvalue weighted by molar-refractivity contribution is 6.30. The Kier molecular flexibility index (Phi) is 6.04. The van der Waals surface area contributed by atoms with Gasteiger partial charge in [-0.3, -0.25) is 4.90 Å². The molecular weight excluding hydrogens is 402 g/mol. The van der Waals surface area contributed by atoms with Crippen molar-refractivity contribution >= 4 is 23.4 Å². The second-order valence-electron chi connectivity index (χ2n) is 8.06. The van der Waals surface area contributed by atoms with Crippen molar-refractivity contribution in [3.63, 3.8) is 0 Å². The van der Waals surface area contributed by atoms with E-state index in [9.17, 15) is 0 Å². The molecule has 5 rings (SSSR count). The summed E-state index contributed by atoms with van der Waals surface area (Å²) in [5.41, 5.74) is 3.75. The zero-order chi connectivity index (χ0) is 20.3. The number of morpholine rings is 2. The minimum Gasteiger partial charge on any atom is -0.378 e. The van der Waals surface area contributed by atoms with Crippen LogP contribution in [0.25, 0.3) is 0 Å². The highest BCUT2D eigenvalue weighted by atomic mass is 35.5. The Morgan fingerprint density at radius 1 is 0.833 bits per heavy atom. The van der Waals surface area contributed by atoms with Gasteiger partial charge in [-0.05, 0) is 17.7 Å². The number of halogens is 1. The van der Waals surface area contributed by atoms with Crippen molar-refractivity contribution in [2.45, 2.75) is 19.5 Å². The molecule has 0 spiro atoms. The van der Waals surface area contributed by atoms with Crippen LogP contribution in [0.4, 0.5) is 11.8 Å². The van der Waals surface area contributed by atoms with Crippen LogP contribution < -0.4 is 9.80 Å². The molecule has 3 aliphatic rings. The SMILES string of the molecule is Clc1ccc(CN2CCc3nc(N4CCOCC4)nc(N4CCOCC4)c3C2)cc1. The van der Waals surface area contributed by atoms with E-state index in [1.165, 1.54) is 16.8 Å². The summed E-state index contributed by atoms with van der Waals surface area (Å²) < 4.78 is 11.1. The Morgan fingerprint density at radius 2 is 1.50 bits per heavy atom. The number of fused-ring (bicyclic) bond motifs is 1. The molecule has 0 radical (unpaired) electrons. The van der Waals surface area contributed by atoms with Crippen LogP contribution in [-0.4, -0.2) is 74.0 Å². The van der Waals surface area contributed by atoms with Crippen LogP contribution in [0.5, 0.6) is 0 Å². The van der Waals surface area contributed by atoms with Crippen LogP contribution in [0.15, 0.2) is 24.3 Å². The van der Waals surface area contributed by atoms with Crippen molar-refractivity contribution in [3.05, 3.63) is 46.1 Å². The lowest BCUT2D eigenvalue weighted by Gasteiger charge is -2.36. The molecule has 7 nitrogen and oxygen atoms in total. The van der Waals surface area contributed by atoms with Gasteiger partial charge in [0.1, 0.15) is 5.82 Å². The molecule has 2 fully saturated rings. The van der Waals surface area contributed by atoms with Gasteiger partial charge in [0, 0.05) is 62.8 Å². The standard InChI is InChI=1S/C22H28ClN5O2/c23-18-3-1-17(2-4-18)15-26-6-5-20-19(16-26)21(27-7-11-29-12-8-27)25-22(24-20)28-9-13-30-14-10-28/h1-4H,5-16H2.